The summed E-state index contributed by atoms with van der Waals surface area (Å²) < 4.78 is 5.97. The van der Waals surface area contributed by atoms with Gasteiger partial charge in [0.2, 0.25) is 0 Å². The molecule has 1 fully saturated rings. The van der Waals surface area contributed by atoms with E-state index in [1.807, 2.05) is 92.7 Å². The van der Waals surface area contributed by atoms with E-state index >= 15 is 0 Å². The zero-order valence-corrected chi connectivity index (χ0v) is 24.2. The summed E-state index contributed by atoms with van der Waals surface area (Å²) in [5, 5.41) is 2.36. The quantitative estimate of drug-likeness (QED) is 0.209. The maximum atomic E-state index is 13.7. The number of ether oxygens (including phenoxy) is 1. The summed E-state index contributed by atoms with van der Waals surface area (Å²) in [5.41, 5.74) is 4.97. The van der Waals surface area contributed by atoms with Crippen LogP contribution in [0, 0.1) is 13.8 Å². The Hall–Kier alpha value is -3.22. The summed E-state index contributed by atoms with van der Waals surface area (Å²) in [5.74, 6) is 0.493. The number of hydrogen-bond donors (Lipinski definition) is 0. The van der Waals surface area contributed by atoms with E-state index < -0.39 is 0 Å². The van der Waals surface area contributed by atoms with E-state index in [0.29, 0.717) is 48.9 Å². The average molecular weight is 594 g/mol. The summed E-state index contributed by atoms with van der Waals surface area (Å²) in [7, 11) is 0. The van der Waals surface area contributed by atoms with Gasteiger partial charge < -0.3 is 4.74 Å². The molecule has 0 unspecified atom stereocenters. The van der Waals surface area contributed by atoms with Crippen LogP contribution in [0.4, 0.5) is 11.4 Å². The van der Waals surface area contributed by atoms with E-state index in [1.165, 1.54) is 11.8 Å². The normalized spacial score (nSPS) is 15.4. The van der Waals surface area contributed by atoms with E-state index in [4.69, 9.17) is 44.5 Å². The van der Waals surface area contributed by atoms with Gasteiger partial charge in [-0.1, -0.05) is 71.2 Å². The Morgan fingerprint density at radius 3 is 2.36 bits per heavy atom. The second-order valence-corrected chi connectivity index (χ2v) is 11.3. The highest BCUT2D eigenvalue weighted by atomic mass is 35.5. The lowest BCUT2D eigenvalue weighted by Gasteiger charge is -2.16. The minimum atomic E-state index is -0.192. The summed E-state index contributed by atoms with van der Waals surface area (Å²) >= 11 is 20.1. The molecular formula is C31H23Cl3N2O2S. The van der Waals surface area contributed by atoms with Crippen molar-refractivity contribution in [1.29, 1.82) is 0 Å². The van der Waals surface area contributed by atoms with Crippen molar-refractivity contribution in [3.05, 3.63) is 127 Å². The molecule has 0 radical (unpaired) electrons. The zero-order valence-electron chi connectivity index (χ0n) is 21.1. The number of amidine groups is 1. The summed E-state index contributed by atoms with van der Waals surface area (Å²) in [6.07, 6.45) is 1.84. The fourth-order valence-electron chi connectivity index (χ4n) is 3.90. The van der Waals surface area contributed by atoms with Crippen molar-refractivity contribution in [1.82, 2.24) is 0 Å². The van der Waals surface area contributed by atoms with Gasteiger partial charge in [-0.3, -0.25) is 9.69 Å². The van der Waals surface area contributed by atoms with E-state index in [0.717, 1.165) is 22.3 Å². The fourth-order valence-corrected chi connectivity index (χ4v) is 5.46. The van der Waals surface area contributed by atoms with Crippen LogP contribution in [-0.4, -0.2) is 11.1 Å². The first-order chi connectivity index (χ1) is 18.8. The van der Waals surface area contributed by atoms with Gasteiger partial charge >= 0.3 is 0 Å². The molecule has 0 atom stereocenters. The van der Waals surface area contributed by atoms with Gasteiger partial charge in [0, 0.05) is 15.1 Å². The molecule has 0 N–H and O–H groups in total. The van der Waals surface area contributed by atoms with Gasteiger partial charge in [-0.05, 0) is 102 Å². The van der Waals surface area contributed by atoms with Gasteiger partial charge in [0.1, 0.15) is 12.4 Å². The predicted molar refractivity (Wildman–Crippen MR) is 165 cm³/mol. The van der Waals surface area contributed by atoms with Crippen molar-refractivity contribution in [2.45, 2.75) is 20.5 Å². The van der Waals surface area contributed by atoms with Crippen LogP contribution in [0.2, 0.25) is 15.1 Å². The van der Waals surface area contributed by atoms with Gasteiger partial charge in [0.15, 0.2) is 5.17 Å². The lowest BCUT2D eigenvalue weighted by molar-refractivity contribution is -0.113. The molecule has 8 heteroatoms. The molecule has 0 bridgehead atoms. The van der Waals surface area contributed by atoms with Crippen LogP contribution in [-0.2, 0) is 11.4 Å². The third kappa shape index (κ3) is 6.51. The first kappa shape index (κ1) is 27.4. The van der Waals surface area contributed by atoms with Crippen LogP contribution in [0.25, 0.3) is 6.08 Å². The monoisotopic (exact) mass is 592 g/mol. The molecule has 0 saturated carbocycles. The number of benzene rings is 4. The standard InChI is InChI=1S/C31H23Cl3N2O2S/c1-19-9-11-24(16-27(19)33)35-31-36(25-12-10-20(2)28(34)17-25)30(37)29(39-31)15-21-5-4-8-26(14-21)38-18-22-6-3-7-23(32)13-22/h3-17H,18H2,1-2H3/b29-15-,35-31?. The number of thioether (sulfide) groups is 1. The Balaban J connectivity index is 1.46. The lowest BCUT2D eigenvalue weighted by atomic mass is 10.2. The molecule has 1 aliphatic rings. The van der Waals surface area contributed by atoms with Crippen LogP contribution in [0.15, 0.2) is 94.8 Å². The molecule has 196 valence electrons. The smallest absolute Gasteiger partial charge is 0.271 e. The fraction of sp³-hybridized carbons (Fsp3) is 0.0968. The Labute approximate surface area is 246 Å². The molecule has 39 heavy (non-hydrogen) atoms. The van der Waals surface area contributed by atoms with Crippen molar-refractivity contribution >= 4 is 75.1 Å². The molecule has 1 heterocycles. The van der Waals surface area contributed by atoms with E-state index in [9.17, 15) is 4.79 Å². The van der Waals surface area contributed by atoms with E-state index in [2.05, 4.69) is 0 Å². The second kappa shape index (κ2) is 11.9. The maximum Gasteiger partial charge on any atom is 0.271 e. The Morgan fingerprint density at radius 2 is 1.62 bits per heavy atom. The lowest BCUT2D eigenvalue weighted by Crippen LogP contribution is -2.28. The number of aryl methyl sites for hydroxylation is 2. The van der Waals surface area contributed by atoms with Crippen molar-refractivity contribution in [3.8, 4) is 5.75 Å². The topological polar surface area (TPSA) is 41.9 Å². The SMILES string of the molecule is Cc1ccc(N=C2S/C(=C\c3cccc(OCc4cccc(Cl)c4)c3)C(=O)N2c2ccc(C)c(Cl)c2)cc1Cl. The number of anilines is 1. The number of carbonyl (C=O) groups is 1. The molecule has 1 saturated heterocycles. The molecule has 0 aliphatic carbocycles. The van der Waals surface area contributed by atoms with Crippen LogP contribution < -0.4 is 9.64 Å². The minimum Gasteiger partial charge on any atom is -0.489 e. The van der Waals surface area contributed by atoms with Gasteiger partial charge in [0.25, 0.3) is 5.91 Å². The molecule has 4 aromatic carbocycles. The number of aliphatic imine (C=N–C) groups is 1. The van der Waals surface area contributed by atoms with Crippen LogP contribution >= 0.6 is 46.6 Å². The third-order valence-electron chi connectivity index (χ3n) is 6.05. The average Bonchev–Trinajstić information content (AvgIpc) is 3.21. The maximum absolute atomic E-state index is 13.7. The van der Waals surface area contributed by atoms with Gasteiger partial charge in [-0.15, -0.1) is 0 Å². The Bertz CT molecular complexity index is 1630. The van der Waals surface area contributed by atoms with Crippen molar-refractivity contribution < 1.29 is 9.53 Å². The highest BCUT2D eigenvalue weighted by Gasteiger charge is 2.35. The van der Waals surface area contributed by atoms with Gasteiger partial charge in [-0.25, -0.2) is 4.99 Å². The summed E-state index contributed by atoms with van der Waals surface area (Å²) in [6.45, 7) is 4.23. The summed E-state index contributed by atoms with van der Waals surface area (Å²) in [4.78, 5) is 20.6. The second-order valence-electron chi connectivity index (χ2n) is 9.00. The number of hydrogen-bond acceptors (Lipinski definition) is 4. The highest BCUT2D eigenvalue weighted by molar-refractivity contribution is 8.19. The molecule has 5 rings (SSSR count). The first-order valence-electron chi connectivity index (χ1n) is 12.1. The Kier molecular flexibility index (Phi) is 8.34. The zero-order chi connectivity index (χ0) is 27.5. The number of carbonyl (C=O) groups excluding carboxylic acids is 1. The molecule has 1 amide bonds. The van der Waals surface area contributed by atoms with Crippen LogP contribution in [0.5, 0.6) is 5.75 Å². The number of amides is 1. The molecule has 0 aromatic heterocycles. The van der Waals surface area contributed by atoms with Crippen LogP contribution in [0.1, 0.15) is 22.3 Å². The van der Waals surface area contributed by atoms with E-state index in [1.54, 1.807) is 17.0 Å². The molecular weight excluding hydrogens is 571 g/mol. The van der Waals surface area contributed by atoms with Crippen LogP contribution in [0.3, 0.4) is 0 Å². The molecule has 4 aromatic rings. The van der Waals surface area contributed by atoms with Gasteiger partial charge in [0.05, 0.1) is 16.3 Å². The largest absolute Gasteiger partial charge is 0.489 e. The number of rotatable bonds is 6. The first-order valence-corrected chi connectivity index (χ1v) is 14.0. The number of halogens is 3. The third-order valence-corrected chi connectivity index (χ3v) is 8.07. The molecule has 0 spiro atoms. The predicted octanol–water partition coefficient (Wildman–Crippen LogP) is 9.65. The highest BCUT2D eigenvalue weighted by Crippen LogP contribution is 2.39. The van der Waals surface area contributed by atoms with Crippen molar-refractivity contribution in [3.63, 3.8) is 0 Å². The number of nitrogens with zero attached hydrogens (tertiary/aromatic N) is 2. The minimum absolute atomic E-state index is 0.192. The van der Waals surface area contributed by atoms with Gasteiger partial charge in [-0.2, -0.15) is 0 Å². The molecule has 1 aliphatic heterocycles. The van der Waals surface area contributed by atoms with E-state index in [-0.39, 0.29) is 5.91 Å². The molecule has 4 nitrogen and oxygen atoms in total. The van der Waals surface area contributed by atoms with Crippen molar-refractivity contribution in [2.75, 3.05) is 4.90 Å². The van der Waals surface area contributed by atoms with Crippen molar-refractivity contribution in [2.24, 2.45) is 4.99 Å². The summed E-state index contributed by atoms with van der Waals surface area (Å²) in [6, 6.07) is 26.2. The Morgan fingerprint density at radius 1 is 0.872 bits per heavy atom.